The molecule has 2 rings (SSSR count). The van der Waals surface area contributed by atoms with E-state index in [1.54, 1.807) is 0 Å². The van der Waals surface area contributed by atoms with Crippen LogP contribution in [-0.4, -0.2) is 43.5 Å². The predicted octanol–water partition coefficient (Wildman–Crippen LogP) is 4.22. The number of urea groups is 1. The molecule has 1 fully saturated rings. The average molecular weight is 373 g/mol. The van der Waals surface area contributed by atoms with Gasteiger partial charge in [-0.1, -0.05) is 6.92 Å². The maximum absolute atomic E-state index is 12.1. The van der Waals surface area contributed by atoms with E-state index in [0.717, 1.165) is 50.5 Å². The zero-order chi connectivity index (χ0) is 19.0. The Hall–Kier alpha value is -1.96. The molecule has 5 nitrogen and oxygen atoms in total. The van der Waals surface area contributed by atoms with Crippen LogP contribution in [0.2, 0.25) is 0 Å². The summed E-state index contributed by atoms with van der Waals surface area (Å²) in [6, 6.07) is 4.66. The minimum Gasteiger partial charge on any atom is -0.406 e. The maximum atomic E-state index is 12.1. The fraction of sp³-hybridized carbons (Fsp3) is 0.611. The van der Waals surface area contributed by atoms with E-state index in [0.29, 0.717) is 12.2 Å². The van der Waals surface area contributed by atoms with Crippen molar-refractivity contribution >= 4 is 11.7 Å². The van der Waals surface area contributed by atoms with Gasteiger partial charge in [0.05, 0.1) is 0 Å². The molecule has 0 bridgehead atoms. The van der Waals surface area contributed by atoms with E-state index in [9.17, 15) is 18.0 Å². The van der Waals surface area contributed by atoms with Crippen LogP contribution in [-0.2, 0) is 0 Å². The van der Waals surface area contributed by atoms with Crippen LogP contribution in [0.3, 0.4) is 0 Å². The topological polar surface area (TPSA) is 53.6 Å². The van der Waals surface area contributed by atoms with Gasteiger partial charge in [-0.25, -0.2) is 4.79 Å². The number of nitrogens with zero attached hydrogens (tertiary/aromatic N) is 1. The van der Waals surface area contributed by atoms with Crippen molar-refractivity contribution in [3.63, 3.8) is 0 Å². The summed E-state index contributed by atoms with van der Waals surface area (Å²) in [6.07, 6.45) is -0.248. The van der Waals surface area contributed by atoms with Gasteiger partial charge in [-0.05, 0) is 69.0 Å². The quantitative estimate of drug-likeness (QED) is 0.704. The third-order valence-corrected chi connectivity index (χ3v) is 4.27. The number of carbonyl (C=O) groups is 1. The van der Waals surface area contributed by atoms with Gasteiger partial charge < -0.3 is 20.3 Å². The van der Waals surface area contributed by atoms with Gasteiger partial charge in [0.2, 0.25) is 0 Å². The first-order valence-corrected chi connectivity index (χ1v) is 8.95. The summed E-state index contributed by atoms with van der Waals surface area (Å²) in [5.74, 6) is 0.441. The van der Waals surface area contributed by atoms with Gasteiger partial charge >= 0.3 is 12.4 Å². The Morgan fingerprint density at radius 2 is 2.00 bits per heavy atom. The number of carbonyl (C=O) groups excluding carboxylic acids is 1. The fourth-order valence-electron chi connectivity index (χ4n) is 3.07. The molecule has 1 aliphatic heterocycles. The van der Waals surface area contributed by atoms with E-state index in [1.807, 2.05) is 0 Å². The molecule has 0 saturated carbocycles. The summed E-state index contributed by atoms with van der Waals surface area (Å²) >= 11 is 0. The van der Waals surface area contributed by atoms with Crippen LogP contribution in [0.4, 0.5) is 23.7 Å². The van der Waals surface area contributed by atoms with Crippen molar-refractivity contribution in [3.05, 3.63) is 24.3 Å². The number of amides is 2. The molecule has 0 unspecified atom stereocenters. The lowest BCUT2D eigenvalue weighted by Gasteiger charge is -2.30. The van der Waals surface area contributed by atoms with E-state index >= 15 is 0 Å². The Kier molecular flexibility index (Phi) is 7.56. The monoisotopic (exact) mass is 373 g/mol. The summed E-state index contributed by atoms with van der Waals surface area (Å²) in [4.78, 5) is 14.3. The Morgan fingerprint density at radius 1 is 1.27 bits per heavy atom. The van der Waals surface area contributed by atoms with Crippen molar-refractivity contribution in [2.45, 2.75) is 39.0 Å². The molecular formula is C18H26F3N3O2. The van der Waals surface area contributed by atoms with Crippen LogP contribution in [0.25, 0.3) is 0 Å². The third kappa shape index (κ3) is 7.95. The van der Waals surface area contributed by atoms with E-state index < -0.39 is 6.36 Å². The number of likely N-dealkylation sites (tertiary alicyclic amines) is 1. The van der Waals surface area contributed by atoms with Crippen LogP contribution in [0, 0.1) is 5.92 Å². The molecule has 1 saturated heterocycles. The number of ether oxygens (including phenoxy) is 1. The zero-order valence-electron chi connectivity index (χ0n) is 14.9. The molecule has 0 spiro atoms. The molecule has 1 atom stereocenters. The first-order valence-electron chi connectivity index (χ1n) is 8.95. The van der Waals surface area contributed by atoms with Crippen LogP contribution >= 0.6 is 0 Å². The van der Waals surface area contributed by atoms with Gasteiger partial charge in [-0.2, -0.15) is 0 Å². The molecule has 2 N–H and O–H groups in total. The Bertz CT molecular complexity index is 564. The summed E-state index contributed by atoms with van der Waals surface area (Å²) in [5, 5.41) is 5.33. The Morgan fingerprint density at radius 3 is 2.65 bits per heavy atom. The Balaban J connectivity index is 1.60. The second-order valence-corrected chi connectivity index (χ2v) is 6.71. The largest absolute Gasteiger partial charge is 0.573 e. The van der Waals surface area contributed by atoms with Gasteiger partial charge in [0.25, 0.3) is 0 Å². The Labute approximate surface area is 151 Å². The summed E-state index contributed by atoms with van der Waals surface area (Å²) in [7, 11) is 0. The van der Waals surface area contributed by atoms with E-state index in [2.05, 4.69) is 27.2 Å². The number of alkyl halides is 3. The number of hydrogen-bond acceptors (Lipinski definition) is 3. The number of piperidine rings is 1. The zero-order valence-corrected chi connectivity index (χ0v) is 14.9. The lowest BCUT2D eigenvalue weighted by molar-refractivity contribution is -0.274. The van der Waals surface area contributed by atoms with Crippen LogP contribution in [0.15, 0.2) is 24.3 Å². The smallest absolute Gasteiger partial charge is 0.406 e. The summed E-state index contributed by atoms with van der Waals surface area (Å²) in [5.41, 5.74) is 0.402. The van der Waals surface area contributed by atoms with Crippen molar-refractivity contribution in [1.82, 2.24) is 10.2 Å². The van der Waals surface area contributed by atoms with Crippen molar-refractivity contribution in [1.29, 1.82) is 0 Å². The number of halogens is 3. The van der Waals surface area contributed by atoms with E-state index in [-0.39, 0.29) is 11.8 Å². The lowest BCUT2D eigenvalue weighted by atomic mass is 10.0. The first-order chi connectivity index (χ1) is 12.3. The molecule has 1 aliphatic rings. The molecule has 0 radical (unpaired) electrons. The second kappa shape index (κ2) is 9.66. The molecule has 26 heavy (non-hydrogen) atoms. The standard InChI is InChI=1S/C18H26F3N3O2/c1-14-5-4-12-24(13-14)11-3-2-10-22-17(25)23-15-6-8-16(9-7-15)26-18(19,20)21/h6-9,14H,2-5,10-13H2,1H3,(H2,22,23,25)/t14-/m1/s1. The highest BCUT2D eigenvalue weighted by molar-refractivity contribution is 5.89. The minimum absolute atomic E-state index is 0.324. The number of rotatable bonds is 7. The molecule has 1 aromatic carbocycles. The van der Waals surface area contributed by atoms with Crippen LogP contribution in [0.5, 0.6) is 5.75 Å². The highest BCUT2D eigenvalue weighted by atomic mass is 19.4. The molecule has 1 heterocycles. The van der Waals surface area contributed by atoms with Gasteiger partial charge in [-0.15, -0.1) is 13.2 Å². The fourth-order valence-corrected chi connectivity index (χ4v) is 3.07. The van der Waals surface area contributed by atoms with Crippen molar-refractivity contribution < 1.29 is 22.7 Å². The number of benzene rings is 1. The number of anilines is 1. The highest BCUT2D eigenvalue weighted by Gasteiger charge is 2.30. The second-order valence-electron chi connectivity index (χ2n) is 6.71. The van der Waals surface area contributed by atoms with E-state index in [1.165, 1.54) is 25.0 Å². The summed E-state index contributed by atoms with van der Waals surface area (Å²) in [6.45, 7) is 6.20. The predicted molar refractivity (Wildman–Crippen MR) is 94.2 cm³/mol. The minimum atomic E-state index is -4.72. The molecular weight excluding hydrogens is 347 g/mol. The van der Waals surface area contributed by atoms with Crippen LogP contribution < -0.4 is 15.4 Å². The van der Waals surface area contributed by atoms with Crippen molar-refractivity contribution in [2.24, 2.45) is 5.92 Å². The number of hydrogen-bond donors (Lipinski definition) is 2. The van der Waals surface area contributed by atoms with Gasteiger partial charge in [0.15, 0.2) is 0 Å². The molecule has 0 aromatic heterocycles. The van der Waals surface area contributed by atoms with Crippen LogP contribution in [0.1, 0.15) is 32.6 Å². The highest BCUT2D eigenvalue weighted by Crippen LogP contribution is 2.23. The van der Waals surface area contributed by atoms with Gasteiger partial charge in [0, 0.05) is 18.8 Å². The maximum Gasteiger partial charge on any atom is 0.573 e. The number of nitrogens with one attached hydrogen (secondary N) is 2. The SMILES string of the molecule is C[C@@H]1CCCN(CCCCNC(=O)Nc2ccc(OC(F)(F)F)cc2)C1. The molecule has 146 valence electrons. The first kappa shape index (κ1) is 20.4. The average Bonchev–Trinajstić information content (AvgIpc) is 2.55. The van der Waals surface area contributed by atoms with Gasteiger partial charge in [-0.3, -0.25) is 0 Å². The number of unbranched alkanes of at least 4 members (excludes halogenated alkanes) is 1. The van der Waals surface area contributed by atoms with Crippen molar-refractivity contribution in [3.8, 4) is 5.75 Å². The van der Waals surface area contributed by atoms with E-state index in [4.69, 9.17) is 0 Å². The molecule has 1 aromatic rings. The third-order valence-electron chi connectivity index (χ3n) is 4.27. The molecule has 2 amide bonds. The lowest BCUT2D eigenvalue weighted by Crippen LogP contribution is -2.35. The normalized spacial score (nSPS) is 18.4. The molecule has 8 heteroatoms. The van der Waals surface area contributed by atoms with Crippen molar-refractivity contribution in [2.75, 3.05) is 31.5 Å². The van der Waals surface area contributed by atoms with Gasteiger partial charge in [0.1, 0.15) is 5.75 Å². The molecule has 0 aliphatic carbocycles. The summed E-state index contributed by atoms with van der Waals surface area (Å²) < 4.78 is 40.0.